The molecule has 0 saturated heterocycles. The van der Waals surface area contributed by atoms with Gasteiger partial charge in [-0.25, -0.2) is 0 Å². The number of carbonyl (C=O) groups excluding carboxylic acids is 5. The van der Waals surface area contributed by atoms with Gasteiger partial charge in [-0.05, 0) is 49.3 Å². The summed E-state index contributed by atoms with van der Waals surface area (Å²) in [5.41, 5.74) is 1.14. The molecule has 3 atom stereocenters. The van der Waals surface area contributed by atoms with Crippen molar-refractivity contribution in [3.63, 3.8) is 0 Å². The number of nitrogens with one attached hydrogen (secondary N) is 5. The van der Waals surface area contributed by atoms with Crippen molar-refractivity contribution in [2.45, 2.75) is 90.3 Å². The third-order valence-electron chi connectivity index (χ3n) is 7.59. The molecule has 0 radical (unpaired) electrons. The second kappa shape index (κ2) is 19.2. The highest BCUT2D eigenvalue weighted by Gasteiger charge is 2.30. The highest BCUT2D eigenvalue weighted by Crippen LogP contribution is 2.19. The summed E-state index contributed by atoms with van der Waals surface area (Å²) in [6.07, 6.45) is 4.09. The highest BCUT2D eigenvalue weighted by molar-refractivity contribution is 6.01. The van der Waals surface area contributed by atoms with E-state index in [4.69, 9.17) is 4.74 Å². The van der Waals surface area contributed by atoms with Crippen LogP contribution in [0.5, 0.6) is 5.75 Å². The molecule has 0 unspecified atom stereocenters. The lowest BCUT2D eigenvalue weighted by molar-refractivity contribution is -0.133. The van der Waals surface area contributed by atoms with Crippen LogP contribution in [0.15, 0.2) is 54.6 Å². The maximum Gasteiger partial charge on any atom is 0.255 e. The molecule has 5 amide bonds. The van der Waals surface area contributed by atoms with Crippen molar-refractivity contribution < 1.29 is 28.7 Å². The zero-order chi connectivity index (χ0) is 33.3. The minimum atomic E-state index is -1.19. The second-order valence-electron chi connectivity index (χ2n) is 12.1. The molecule has 11 nitrogen and oxygen atoms in total. The van der Waals surface area contributed by atoms with Crippen molar-refractivity contribution in [3.8, 4) is 5.75 Å². The first-order valence-corrected chi connectivity index (χ1v) is 16.4. The van der Waals surface area contributed by atoms with Gasteiger partial charge in [0.2, 0.25) is 23.6 Å². The van der Waals surface area contributed by atoms with E-state index in [-0.39, 0.29) is 30.2 Å². The summed E-state index contributed by atoms with van der Waals surface area (Å²) in [6.45, 7) is 6.96. The lowest BCUT2D eigenvalue weighted by Gasteiger charge is -2.25. The maximum atomic E-state index is 13.6. The molecule has 0 aliphatic carbocycles. The Hall–Kier alpha value is -4.41. The first kappa shape index (κ1) is 36.1. The van der Waals surface area contributed by atoms with Gasteiger partial charge in [-0.1, -0.05) is 76.1 Å². The Balaban J connectivity index is 1.88. The van der Waals surface area contributed by atoms with E-state index in [9.17, 15) is 24.0 Å². The molecule has 250 valence electrons. The predicted octanol–water partition coefficient (Wildman–Crippen LogP) is 3.03. The summed E-state index contributed by atoms with van der Waals surface area (Å²) in [7, 11) is 0. The van der Waals surface area contributed by atoms with Crippen molar-refractivity contribution in [1.82, 2.24) is 26.6 Å². The summed E-state index contributed by atoms with van der Waals surface area (Å²) in [6, 6.07) is 13.2. The first-order valence-electron chi connectivity index (χ1n) is 16.4. The zero-order valence-electron chi connectivity index (χ0n) is 27.2. The van der Waals surface area contributed by atoms with Crippen LogP contribution in [0.1, 0.15) is 81.6 Å². The quantitative estimate of drug-likeness (QED) is 0.315. The van der Waals surface area contributed by atoms with Crippen LogP contribution >= 0.6 is 0 Å². The van der Waals surface area contributed by atoms with E-state index in [1.54, 1.807) is 24.3 Å². The number of ether oxygens (including phenoxy) is 1. The molecule has 1 aliphatic heterocycles. The summed E-state index contributed by atoms with van der Waals surface area (Å²) in [5.74, 6) is -2.01. The third-order valence-corrected chi connectivity index (χ3v) is 7.59. The van der Waals surface area contributed by atoms with E-state index in [2.05, 4.69) is 26.6 Å². The van der Waals surface area contributed by atoms with E-state index < -0.39 is 41.8 Å². The van der Waals surface area contributed by atoms with Gasteiger partial charge < -0.3 is 31.3 Å². The molecule has 2 aromatic carbocycles. The fourth-order valence-electron chi connectivity index (χ4n) is 5.17. The van der Waals surface area contributed by atoms with E-state index in [0.29, 0.717) is 38.3 Å². The monoisotopic (exact) mass is 635 g/mol. The summed E-state index contributed by atoms with van der Waals surface area (Å²) in [5, 5.41) is 14.1. The normalized spacial score (nSPS) is 20.9. The van der Waals surface area contributed by atoms with E-state index in [1.807, 2.05) is 51.1 Å². The lowest BCUT2D eigenvalue weighted by atomic mass is 10.0. The second-order valence-corrected chi connectivity index (χ2v) is 12.1. The molecular formula is C35H49N5O6. The Morgan fingerprint density at radius 1 is 0.870 bits per heavy atom. The van der Waals surface area contributed by atoms with Crippen LogP contribution in [0.2, 0.25) is 0 Å². The first-order chi connectivity index (χ1) is 22.2. The van der Waals surface area contributed by atoms with Gasteiger partial charge >= 0.3 is 0 Å². The van der Waals surface area contributed by atoms with E-state index in [0.717, 1.165) is 31.2 Å². The van der Waals surface area contributed by atoms with Gasteiger partial charge in [0.15, 0.2) is 0 Å². The number of fused-ring (bicyclic) bond motifs is 1. The lowest BCUT2D eigenvalue weighted by Crippen LogP contribution is -2.56. The van der Waals surface area contributed by atoms with Crippen LogP contribution in [0, 0.1) is 5.92 Å². The molecule has 0 spiro atoms. The topological polar surface area (TPSA) is 155 Å². The number of hydrogen-bond donors (Lipinski definition) is 5. The van der Waals surface area contributed by atoms with Crippen LogP contribution in [-0.2, 0) is 25.6 Å². The van der Waals surface area contributed by atoms with Crippen LogP contribution < -0.4 is 31.3 Å². The molecule has 3 rings (SSSR count). The van der Waals surface area contributed by atoms with Crippen molar-refractivity contribution in [1.29, 1.82) is 0 Å². The molecule has 0 saturated carbocycles. The smallest absolute Gasteiger partial charge is 0.255 e. The molecule has 1 aliphatic rings. The largest absolute Gasteiger partial charge is 0.493 e. The number of amides is 5. The molecule has 5 N–H and O–H groups in total. The van der Waals surface area contributed by atoms with Crippen LogP contribution in [0.4, 0.5) is 0 Å². The summed E-state index contributed by atoms with van der Waals surface area (Å²) in [4.78, 5) is 66.8. The molecular weight excluding hydrogens is 586 g/mol. The standard InChI is InChI=1S/C35H49N5O6/c1-4-18-36-34(44)29-23-31(41)38-27(21-24(2)3)35(45)40-28(22-25-14-8-7-9-15-25)33(43)37-19-12-5-6-13-20-46-30-17-11-10-16-26(30)32(42)39-29/h7-11,14-17,24,27-29H,4-6,12-13,18-23H2,1-3H3,(H,36,44)(H,37,43)(H,38,41)(H,39,42)(H,40,45)/t27-,28-,29-/m0/s1. The fourth-order valence-corrected chi connectivity index (χ4v) is 5.17. The molecule has 0 aromatic heterocycles. The zero-order valence-corrected chi connectivity index (χ0v) is 27.2. The van der Waals surface area contributed by atoms with E-state index >= 15 is 0 Å². The molecule has 0 fully saturated rings. The Bertz CT molecular complexity index is 1300. The average molecular weight is 636 g/mol. The number of benzene rings is 2. The molecule has 11 heteroatoms. The summed E-state index contributed by atoms with van der Waals surface area (Å²) < 4.78 is 5.93. The van der Waals surface area contributed by atoms with Crippen LogP contribution in [-0.4, -0.2) is 67.4 Å². The van der Waals surface area contributed by atoms with Gasteiger partial charge in [0, 0.05) is 19.5 Å². The maximum absolute atomic E-state index is 13.6. The molecule has 46 heavy (non-hydrogen) atoms. The molecule has 0 bridgehead atoms. The number of carbonyl (C=O) groups is 5. The van der Waals surface area contributed by atoms with Gasteiger partial charge in [0.1, 0.15) is 23.9 Å². The Kier molecular flexibility index (Phi) is 15.0. The van der Waals surface area contributed by atoms with E-state index in [1.165, 1.54) is 0 Å². The van der Waals surface area contributed by atoms with Crippen LogP contribution in [0.25, 0.3) is 0 Å². The molecule has 2 aromatic rings. The third kappa shape index (κ3) is 12.2. The van der Waals surface area contributed by atoms with Gasteiger partial charge in [-0.15, -0.1) is 0 Å². The Morgan fingerprint density at radius 3 is 2.33 bits per heavy atom. The minimum Gasteiger partial charge on any atom is -0.493 e. The van der Waals surface area contributed by atoms with Crippen LogP contribution in [0.3, 0.4) is 0 Å². The number of rotatable bonds is 7. The van der Waals surface area contributed by atoms with Crippen molar-refractivity contribution >= 4 is 29.5 Å². The van der Waals surface area contributed by atoms with Crippen molar-refractivity contribution in [2.24, 2.45) is 5.92 Å². The fraction of sp³-hybridized carbons (Fsp3) is 0.514. The minimum absolute atomic E-state index is 0.0341. The van der Waals surface area contributed by atoms with Gasteiger partial charge in [0.05, 0.1) is 18.6 Å². The molecule has 1 heterocycles. The van der Waals surface area contributed by atoms with Gasteiger partial charge in [0.25, 0.3) is 5.91 Å². The number of para-hydroxylation sites is 1. The van der Waals surface area contributed by atoms with Crippen molar-refractivity contribution in [3.05, 3.63) is 65.7 Å². The SMILES string of the molecule is CCCNC(=O)[C@@H]1CC(=O)N[C@@H](CC(C)C)C(=O)N[C@@H](Cc2ccccc2)C(=O)NCCCCCCOc2ccccc2C(=O)N1. The van der Waals surface area contributed by atoms with Gasteiger partial charge in [-0.2, -0.15) is 0 Å². The highest BCUT2D eigenvalue weighted by atomic mass is 16.5. The number of hydrogen-bond acceptors (Lipinski definition) is 6. The predicted molar refractivity (Wildman–Crippen MR) is 176 cm³/mol. The van der Waals surface area contributed by atoms with Crippen molar-refractivity contribution in [2.75, 3.05) is 19.7 Å². The Morgan fingerprint density at radius 2 is 1.59 bits per heavy atom. The average Bonchev–Trinajstić information content (AvgIpc) is 3.03. The van der Waals surface area contributed by atoms with Gasteiger partial charge in [-0.3, -0.25) is 24.0 Å². The summed E-state index contributed by atoms with van der Waals surface area (Å²) >= 11 is 0. The Labute approximate surface area is 272 Å².